The normalized spacial score (nSPS) is 12.2. The molecule has 19 heavy (non-hydrogen) atoms. The summed E-state index contributed by atoms with van der Waals surface area (Å²) in [5.41, 5.74) is 0.624. The van der Waals surface area contributed by atoms with E-state index < -0.39 is 6.10 Å². The summed E-state index contributed by atoms with van der Waals surface area (Å²) in [6, 6.07) is 8.45. The van der Waals surface area contributed by atoms with Crippen LogP contribution in [-0.4, -0.2) is 10.1 Å². The van der Waals surface area contributed by atoms with Gasteiger partial charge in [-0.2, -0.15) is 0 Å². The van der Waals surface area contributed by atoms with Crippen molar-refractivity contribution in [3.05, 3.63) is 52.3 Å². The molecule has 2 rings (SSSR count). The van der Waals surface area contributed by atoms with Crippen molar-refractivity contribution in [1.82, 2.24) is 4.98 Å². The molecular weight excluding hydrogens is 285 g/mol. The molecule has 5 heteroatoms. The predicted octanol–water partition coefficient (Wildman–Crippen LogP) is 4.62. The molecule has 1 unspecified atom stereocenters. The van der Waals surface area contributed by atoms with E-state index in [1.165, 1.54) is 0 Å². The topological polar surface area (TPSA) is 42.4 Å². The third kappa shape index (κ3) is 3.83. The SMILES string of the molecule is CCC(O)c1ccc(Oc2cc(Cl)cc(Cl)c2)cn1. The van der Waals surface area contributed by atoms with Gasteiger partial charge in [-0.15, -0.1) is 0 Å². The smallest absolute Gasteiger partial charge is 0.145 e. The monoisotopic (exact) mass is 297 g/mol. The first-order valence-corrected chi connectivity index (χ1v) is 6.62. The van der Waals surface area contributed by atoms with Crippen molar-refractivity contribution in [2.45, 2.75) is 19.4 Å². The van der Waals surface area contributed by atoms with Gasteiger partial charge in [0, 0.05) is 10.0 Å². The van der Waals surface area contributed by atoms with Gasteiger partial charge >= 0.3 is 0 Å². The summed E-state index contributed by atoms with van der Waals surface area (Å²) < 4.78 is 5.60. The molecule has 0 saturated heterocycles. The lowest BCUT2D eigenvalue weighted by Crippen LogP contribution is -1.98. The van der Waals surface area contributed by atoms with Crippen LogP contribution in [0.25, 0.3) is 0 Å². The first-order valence-electron chi connectivity index (χ1n) is 5.86. The van der Waals surface area contributed by atoms with E-state index >= 15 is 0 Å². The van der Waals surface area contributed by atoms with E-state index in [-0.39, 0.29) is 0 Å². The molecule has 0 radical (unpaired) electrons. The largest absolute Gasteiger partial charge is 0.456 e. The molecular formula is C14H13Cl2NO2. The Morgan fingerprint density at radius 1 is 1.16 bits per heavy atom. The summed E-state index contributed by atoms with van der Waals surface area (Å²) in [5.74, 6) is 1.11. The van der Waals surface area contributed by atoms with Crippen LogP contribution in [0.5, 0.6) is 11.5 Å². The standard InChI is InChI=1S/C14H13Cl2NO2/c1-2-14(18)13-4-3-11(8-17-13)19-12-6-9(15)5-10(16)7-12/h3-8,14,18H,2H2,1H3. The lowest BCUT2D eigenvalue weighted by molar-refractivity contribution is 0.169. The van der Waals surface area contributed by atoms with E-state index in [0.717, 1.165) is 0 Å². The summed E-state index contributed by atoms with van der Waals surface area (Å²) >= 11 is 11.8. The molecule has 0 aliphatic carbocycles. The van der Waals surface area contributed by atoms with Crippen LogP contribution in [0.1, 0.15) is 25.1 Å². The Morgan fingerprint density at radius 2 is 1.84 bits per heavy atom. The lowest BCUT2D eigenvalue weighted by atomic mass is 10.2. The van der Waals surface area contributed by atoms with Crippen LogP contribution in [0.3, 0.4) is 0 Å². The fourth-order valence-electron chi connectivity index (χ4n) is 1.58. The van der Waals surface area contributed by atoms with Crippen molar-refractivity contribution in [3.63, 3.8) is 0 Å². The average molecular weight is 298 g/mol. The number of halogens is 2. The maximum atomic E-state index is 9.64. The minimum Gasteiger partial charge on any atom is -0.456 e. The number of benzene rings is 1. The highest BCUT2D eigenvalue weighted by atomic mass is 35.5. The number of hydrogen-bond acceptors (Lipinski definition) is 3. The molecule has 3 nitrogen and oxygen atoms in total. The van der Waals surface area contributed by atoms with Crippen molar-refractivity contribution in [1.29, 1.82) is 0 Å². The van der Waals surface area contributed by atoms with Gasteiger partial charge < -0.3 is 9.84 Å². The highest BCUT2D eigenvalue weighted by molar-refractivity contribution is 6.34. The van der Waals surface area contributed by atoms with Crippen molar-refractivity contribution >= 4 is 23.2 Å². The van der Waals surface area contributed by atoms with E-state index in [4.69, 9.17) is 27.9 Å². The Kier molecular flexibility index (Phi) is 4.64. The first kappa shape index (κ1) is 14.1. The number of aliphatic hydroxyl groups excluding tert-OH is 1. The minimum atomic E-state index is -0.547. The maximum Gasteiger partial charge on any atom is 0.145 e. The Balaban J connectivity index is 2.15. The molecule has 2 aromatic rings. The molecule has 0 aliphatic rings. The second-order valence-electron chi connectivity index (χ2n) is 4.05. The summed E-state index contributed by atoms with van der Waals surface area (Å²) in [7, 11) is 0. The highest BCUT2D eigenvalue weighted by Gasteiger charge is 2.07. The van der Waals surface area contributed by atoms with Gasteiger partial charge in [-0.25, -0.2) is 0 Å². The van der Waals surface area contributed by atoms with Crippen molar-refractivity contribution in [3.8, 4) is 11.5 Å². The first-order chi connectivity index (χ1) is 9.08. The van der Waals surface area contributed by atoms with Gasteiger partial charge in [0.15, 0.2) is 0 Å². The van der Waals surface area contributed by atoms with Crippen molar-refractivity contribution in [2.75, 3.05) is 0 Å². The molecule has 0 fully saturated rings. The maximum absolute atomic E-state index is 9.64. The van der Waals surface area contributed by atoms with Crippen LogP contribution in [0.15, 0.2) is 36.5 Å². The summed E-state index contributed by atoms with van der Waals surface area (Å²) in [5, 5.41) is 10.7. The van der Waals surface area contributed by atoms with Crippen LogP contribution >= 0.6 is 23.2 Å². The van der Waals surface area contributed by atoms with Gasteiger partial charge in [-0.1, -0.05) is 30.1 Å². The van der Waals surface area contributed by atoms with Gasteiger partial charge in [-0.05, 0) is 36.8 Å². The quantitative estimate of drug-likeness (QED) is 0.895. The van der Waals surface area contributed by atoms with Crippen molar-refractivity contribution < 1.29 is 9.84 Å². The molecule has 100 valence electrons. The molecule has 0 aliphatic heterocycles. The lowest BCUT2D eigenvalue weighted by Gasteiger charge is -2.09. The molecule has 0 spiro atoms. The van der Waals surface area contributed by atoms with Crippen LogP contribution in [0.4, 0.5) is 0 Å². The predicted molar refractivity (Wildman–Crippen MR) is 76.0 cm³/mol. The molecule has 1 N–H and O–H groups in total. The van der Waals surface area contributed by atoms with E-state index in [2.05, 4.69) is 4.98 Å². The molecule has 0 saturated carbocycles. The molecule has 0 bridgehead atoms. The number of ether oxygens (including phenoxy) is 1. The molecule has 1 aromatic carbocycles. The van der Waals surface area contributed by atoms with Crippen LogP contribution in [0.2, 0.25) is 10.0 Å². The molecule has 1 aromatic heterocycles. The fraction of sp³-hybridized carbons (Fsp3) is 0.214. The summed E-state index contributed by atoms with van der Waals surface area (Å²) in [6.45, 7) is 1.89. The highest BCUT2D eigenvalue weighted by Crippen LogP contribution is 2.28. The summed E-state index contributed by atoms with van der Waals surface area (Å²) in [6.07, 6.45) is 1.63. The van der Waals surface area contributed by atoms with E-state index in [1.54, 1.807) is 36.5 Å². The van der Waals surface area contributed by atoms with Crippen LogP contribution in [-0.2, 0) is 0 Å². The van der Waals surface area contributed by atoms with E-state index in [0.29, 0.717) is 33.7 Å². The third-order valence-corrected chi connectivity index (χ3v) is 3.00. The zero-order chi connectivity index (χ0) is 13.8. The Morgan fingerprint density at radius 3 is 2.37 bits per heavy atom. The Bertz CT molecular complexity index is 538. The van der Waals surface area contributed by atoms with Crippen LogP contribution in [0, 0.1) is 0 Å². The number of rotatable bonds is 4. The number of pyridine rings is 1. The zero-order valence-electron chi connectivity index (χ0n) is 10.3. The van der Waals surface area contributed by atoms with E-state index in [9.17, 15) is 5.11 Å². The van der Waals surface area contributed by atoms with Gasteiger partial charge in [0.25, 0.3) is 0 Å². The number of nitrogens with zero attached hydrogens (tertiary/aromatic N) is 1. The van der Waals surface area contributed by atoms with E-state index in [1.807, 2.05) is 6.92 Å². The minimum absolute atomic E-state index is 0.508. The van der Waals surface area contributed by atoms with Gasteiger partial charge in [0.05, 0.1) is 18.0 Å². The molecule has 1 atom stereocenters. The fourth-order valence-corrected chi connectivity index (χ4v) is 2.09. The van der Waals surface area contributed by atoms with Crippen molar-refractivity contribution in [2.24, 2.45) is 0 Å². The molecule has 1 heterocycles. The Labute approximate surface area is 121 Å². The number of aliphatic hydroxyl groups is 1. The number of hydrogen-bond donors (Lipinski definition) is 1. The van der Waals surface area contributed by atoms with Gasteiger partial charge in [-0.3, -0.25) is 4.98 Å². The van der Waals surface area contributed by atoms with Gasteiger partial charge in [0.2, 0.25) is 0 Å². The molecule has 0 amide bonds. The summed E-state index contributed by atoms with van der Waals surface area (Å²) in [4.78, 5) is 4.15. The second-order valence-corrected chi connectivity index (χ2v) is 4.92. The number of aromatic nitrogens is 1. The average Bonchev–Trinajstić information content (AvgIpc) is 2.37. The zero-order valence-corrected chi connectivity index (χ0v) is 11.8. The third-order valence-electron chi connectivity index (χ3n) is 2.56. The van der Waals surface area contributed by atoms with Crippen LogP contribution < -0.4 is 4.74 Å². The second kappa shape index (κ2) is 6.24. The Hall–Kier alpha value is -1.29. The van der Waals surface area contributed by atoms with Gasteiger partial charge in [0.1, 0.15) is 11.5 Å².